The van der Waals surface area contributed by atoms with Gasteiger partial charge in [-0.05, 0) is 13.8 Å². The van der Waals surface area contributed by atoms with Crippen LogP contribution in [0.25, 0.3) is 0 Å². The van der Waals surface area contributed by atoms with Gasteiger partial charge in [0, 0.05) is 12.6 Å². The third-order valence-electron chi connectivity index (χ3n) is 1.62. The van der Waals surface area contributed by atoms with E-state index in [-0.39, 0.29) is 12.0 Å². The molecule has 0 aromatic rings. The molecule has 0 unspecified atom stereocenters. The van der Waals surface area contributed by atoms with E-state index >= 15 is 0 Å². The molecule has 0 aromatic heterocycles. The van der Waals surface area contributed by atoms with Crippen molar-refractivity contribution in [2.24, 2.45) is 0 Å². The lowest BCUT2D eigenvalue weighted by Gasteiger charge is -2.29. The molecule has 0 saturated carbocycles. The van der Waals surface area contributed by atoms with Crippen LogP contribution in [0.2, 0.25) is 0 Å². The van der Waals surface area contributed by atoms with E-state index in [1.807, 2.05) is 13.8 Å². The minimum Gasteiger partial charge on any atom is -0.363 e. The van der Waals surface area contributed by atoms with E-state index in [2.05, 4.69) is 0 Å². The summed E-state index contributed by atoms with van der Waals surface area (Å²) in [6.45, 7) is 4.73. The lowest BCUT2D eigenvalue weighted by molar-refractivity contribution is 0.123. The summed E-state index contributed by atoms with van der Waals surface area (Å²) in [4.78, 5) is 0. The van der Waals surface area contributed by atoms with Crippen molar-refractivity contribution in [3.05, 3.63) is 0 Å². The van der Waals surface area contributed by atoms with Crippen LogP contribution in [-0.2, 0) is 14.8 Å². The average Bonchev–Trinajstić information content (AvgIpc) is 1.85. The minimum absolute atomic E-state index is 0.0453. The van der Waals surface area contributed by atoms with E-state index in [0.717, 1.165) is 0 Å². The van der Waals surface area contributed by atoms with Gasteiger partial charge in [0.25, 0.3) is 0 Å². The van der Waals surface area contributed by atoms with Crippen molar-refractivity contribution in [3.63, 3.8) is 0 Å². The Kier molecular flexibility index (Phi) is 2.51. The van der Waals surface area contributed by atoms with Crippen molar-refractivity contribution >= 4 is 10.0 Å². The molecule has 1 heterocycles. The van der Waals surface area contributed by atoms with Crippen LogP contribution in [0.4, 0.5) is 0 Å². The van der Waals surface area contributed by atoms with Gasteiger partial charge in [0.05, 0.1) is 6.61 Å². The molecule has 1 aliphatic heterocycles. The number of hydrogen-bond donors (Lipinski definition) is 0. The molecule has 1 rings (SSSR count). The molecule has 0 aromatic carbocycles. The highest BCUT2D eigenvalue weighted by atomic mass is 32.2. The maximum absolute atomic E-state index is 11.2. The summed E-state index contributed by atoms with van der Waals surface area (Å²) < 4.78 is 28.8. The van der Waals surface area contributed by atoms with Gasteiger partial charge < -0.3 is 4.74 Å². The monoisotopic (exact) mass is 179 g/mol. The van der Waals surface area contributed by atoms with E-state index in [4.69, 9.17) is 4.74 Å². The van der Waals surface area contributed by atoms with Gasteiger partial charge >= 0.3 is 0 Å². The quantitative estimate of drug-likeness (QED) is 0.570. The molecule has 0 N–H and O–H groups in total. The summed E-state index contributed by atoms with van der Waals surface area (Å²) in [6.07, 6.45) is 0. The molecule has 0 radical (unpaired) electrons. The molecule has 11 heavy (non-hydrogen) atoms. The maximum atomic E-state index is 11.2. The largest absolute Gasteiger partial charge is 0.363 e. The Morgan fingerprint density at radius 2 is 2.09 bits per heavy atom. The second-order valence-corrected chi connectivity index (χ2v) is 4.71. The first-order valence-electron chi connectivity index (χ1n) is 3.61. The predicted octanol–water partition coefficient (Wildman–Crippen LogP) is 0.0143. The van der Waals surface area contributed by atoms with E-state index in [1.54, 1.807) is 0 Å². The SMILES string of the molecule is CC(C)N1CCOCS1(=O)=O. The molecule has 66 valence electrons. The first kappa shape index (κ1) is 8.96. The predicted molar refractivity (Wildman–Crippen MR) is 41.6 cm³/mol. The molecule has 4 nitrogen and oxygen atoms in total. The molecule has 1 aliphatic rings. The number of hydrogen-bond acceptors (Lipinski definition) is 3. The highest BCUT2D eigenvalue weighted by Crippen LogP contribution is 2.11. The van der Waals surface area contributed by atoms with Crippen LogP contribution < -0.4 is 0 Å². The molecular weight excluding hydrogens is 166 g/mol. The third-order valence-corrected chi connectivity index (χ3v) is 3.40. The van der Waals surface area contributed by atoms with Crippen molar-refractivity contribution < 1.29 is 13.2 Å². The second kappa shape index (κ2) is 3.08. The molecule has 0 atom stereocenters. The summed E-state index contributed by atoms with van der Waals surface area (Å²) in [6, 6.07) is 0.0453. The van der Waals surface area contributed by atoms with Gasteiger partial charge in [-0.15, -0.1) is 0 Å². The van der Waals surface area contributed by atoms with Crippen molar-refractivity contribution in [2.45, 2.75) is 19.9 Å². The fraction of sp³-hybridized carbons (Fsp3) is 1.00. The number of sulfonamides is 1. The van der Waals surface area contributed by atoms with Gasteiger partial charge in [0.15, 0.2) is 5.94 Å². The summed E-state index contributed by atoms with van der Waals surface area (Å²) in [7, 11) is -3.11. The lowest BCUT2D eigenvalue weighted by atomic mass is 10.4. The zero-order chi connectivity index (χ0) is 8.48. The van der Waals surface area contributed by atoms with Crippen molar-refractivity contribution in [3.8, 4) is 0 Å². The van der Waals surface area contributed by atoms with Crippen LogP contribution in [0.15, 0.2) is 0 Å². The summed E-state index contributed by atoms with van der Waals surface area (Å²) in [5.74, 6) is -0.162. The summed E-state index contributed by atoms with van der Waals surface area (Å²) in [5.41, 5.74) is 0. The minimum atomic E-state index is -3.11. The van der Waals surface area contributed by atoms with Crippen LogP contribution in [0.1, 0.15) is 13.8 Å². The number of nitrogens with zero attached hydrogens (tertiary/aromatic N) is 1. The van der Waals surface area contributed by atoms with E-state index in [1.165, 1.54) is 4.31 Å². The smallest absolute Gasteiger partial charge is 0.238 e. The highest BCUT2D eigenvalue weighted by molar-refractivity contribution is 7.89. The molecule has 1 saturated heterocycles. The van der Waals surface area contributed by atoms with Gasteiger partial charge in [0.2, 0.25) is 10.0 Å². The molecule has 0 bridgehead atoms. The molecule has 5 heteroatoms. The molecule has 0 amide bonds. The van der Waals surface area contributed by atoms with Crippen LogP contribution in [0.3, 0.4) is 0 Å². The second-order valence-electron chi connectivity index (χ2n) is 2.84. The van der Waals surface area contributed by atoms with E-state index in [9.17, 15) is 8.42 Å². The van der Waals surface area contributed by atoms with Crippen LogP contribution in [0.5, 0.6) is 0 Å². The van der Waals surface area contributed by atoms with Gasteiger partial charge in [0.1, 0.15) is 0 Å². The fourth-order valence-electron chi connectivity index (χ4n) is 1.10. The first-order chi connectivity index (χ1) is 5.04. The molecule has 1 fully saturated rings. The molecular formula is C6H13NO3S. The zero-order valence-electron chi connectivity index (χ0n) is 6.78. The van der Waals surface area contributed by atoms with E-state index in [0.29, 0.717) is 13.2 Å². The standard InChI is InChI=1S/C6H13NO3S/c1-6(2)7-3-4-10-5-11(7,8)9/h6H,3-5H2,1-2H3. The Hall–Kier alpha value is -0.130. The Balaban J connectivity index is 2.76. The van der Waals surface area contributed by atoms with Crippen LogP contribution in [-0.4, -0.2) is 37.9 Å². The Morgan fingerprint density at radius 1 is 1.45 bits per heavy atom. The highest BCUT2D eigenvalue weighted by Gasteiger charge is 2.28. The van der Waals surface area contributed by atoms with Gasteiger partial charge in [-0.1, -0.05) is 0 Å². The normalized spacial score (nSPS) is 25.7. The van der Waals surface area contributed by atoms with Crippen molar-refractivity contribution in [1.82, 2.24) is 4.31 Å². The molecule has 0 spiro atoms. The lowest BCUT2D eigenvalue weighted by Crippen LogP contribution is -2.44. The van der Waals surface area contributed by atoms with Crippen molar-refractivity contribution in [2.75, 3.05) is 19.1 Å². The van der Waals surface area contributed by atoms with Gasteiger partial charge in [-0.25, -0.2) is 8.42 Å². The fourth-order valence-corrected chi connectivity index (χ4v) is 2.56. The van der Waals surface area contributed by atoms with Crippen LogP contribution in [0, 0.1) is 0 Å². The number of rotatable bonds is 1. The third kappa shape index (κ3) is 1.91. The topological polar surface area (TPSA) is 46.6 Å². The summed E-state index contributed by atoms with van der Waals surface area (Å²) >= 11 is 0. The Labute approximate surface area is 67.2 Å². The van der Waals surface area contributed by atoms with Gasteiger partial charge in [-0.2, -0.15) is 4.31 Å². The first-order valence-corrected chi connectivity index (χ1v) is 5.22. The zero-order valence-corrected chi connectivity index (χ0v) is 7.60. The van der Waals surface area contributed by atoms with E-state index < -0.39 is 10.0 Å². The number of ether oxygens (including phenoxy) is 1. The average molecular weight is 179 g/mol. The summed E-state index contributed by atoms with van der Waals surface area (Å²) in [5, 5.41) is 0. The molecule has 0 aliphatic carbocycles. The Morgan fingerprint density at radius 3 is 2.45 bits per heavy atom. The van der Waals surface area contributed by atoms with Gasteiger partial charge in [-0.3, -0.25) is 0 Å². The van der Waals surface area contributed by atoms with Crippen LogP contribution >= 0.6 is 0 Å². The van der Waals surface area contributed by atoms with Crippen molar-refractivity contribution in [1.29, 1.82) is 0 Å². The maximum Gasteiger partial charge on any atom is 0.238 e. The Bertz CT molecular complexity index is 222.